The highest BCUT2D eigenvalue weighted by atomic mass is 35.5. The number of hydrogen-bond donors (Lipinski definition) is 2. The van der Waals surface area contributed by atoms with Gasteiger partial charge in [0.1, 0.15) is 0 Å². The first-order valence-electron chi connectivity index (χ1n) is 6.80. The van der Waals surface area contributed by atoms with Crippen LogP contribution < -0.4 is 4.72 Å². The van der Waals surface area contributed by atoms with Crippen LogP contribution in [-0.2, 0) is 16.6 Å². The minimum Gasteiger partial charge on any atom is -0.392 e. The minimum absolute atomic E-state index is 0.145. The van der Waals surface area contributed by atoms with Crippen LogP contribution in [0.15, 0.2) is 23.1 Å². The molecule has 6 heteroatoms. The predicted octanol–water partition coefficient (Wildman–Crippen LogP) is 2.83. The molecule has 112 valence electrons. The van der Waals surface area contributed by atoms with E-state index in [4.69, 9.17) is 16.7 Å². The highest BCUT2D eigenvalue weighted by molar-refractivity contribution is 7.89. The average Bonchev–Trinajstić information content (AvgIpc) is 2.38. The van der Waals surface area contributed by atoms with Gasteiger partial charge in [0.15, 0.2) is 0 Å². The van der Waals surface area contributed by atoms with E-state index in [1.807, 2.05) is 6.92 Å². The molecular formula is C14H20ClNO3S. The summed E-state index contributed by atoms with van der Waals surface area (Å²) >= 11 is 5.96. The van der Waals surface area contributed by atoms with E-state index in [1.54, 1.807) is 6.07 Å². The zero-order valence-electron chi connectivity index (χ0n) is 11.5. The van der Waals surface area contributed by atoms with Crippen molar-refractivity contribution in [2.75, 3.05) is 0 Å². The number of hydrogen-bond acceptors (Lipinski definition) is 3. The maximum atomic E-state index is 12.4. The molecule has 20 heavy (non-hydrogen) atoms. The van der Waals surface area contributed by atoms with Gasteiger partial charge in [0.25, 0.3) is 0 Å². The van der Waals surface area contributed by atoms with Crippen LogP contribution in [0.25, 0.3) is 0 Å². The molecule has 0 radical (unpaired) electrons. The third-order valence-corrected chi connectivity index (χ3v) is 5.83. The maximum absolute atomic E-state index is 12.4. The molecule has 1 fully saturated rings. The first-order valence-corrected chi connectivity index (χ1v) is 8.66. The van der Waals surface area contributed by atoms with Gasteiger partial charge in [-0.2, -0.15) is 0 Å². The molecule has 4 nitrogen and oxygen atoms in total. The van der Waals surface area contributed by atoms with Gasteiger partial charge >= 0.3 is 0 Å². The average molecular weight is 318 g/mol. The second-order valence-corrected chi connectivity index (χ2v) is 7.73. The molecule has 1 aromatic carbocycles. The Bertz CT molecular complexity index is 580. The van der Waals surface area contributed by atoms with Crippen molar-refractivity contribution in [1.82, 2.24) is 4.72 Å². The van der Waals surface area contributed by atoms with E-state index in [9.17, 15) is 8.42 Å². The van der Waals surface area contributed by atoms with Crippen molar-refractivity contribution in [1.29, 1.82) is 0 Å². The van der Waals surface area contributed by atoms with E-state index < -0.39 is 10.0 Å². The van der Waals surface area contributed by atoms with Crippen LogP contribution >= 0.6 is 11.6 Å². The second kappa shape index (κ2) is 6.02. The fourth-order valence-electron chi connectivity index (χ4n) is 2.64. The quantitative estimate of drug-likeness (QED) is 0.897. The lowest BCUT2D eigenvalue weighted by Gasteiger charge is -2.34. The van der Waals surface area contributed by atoms with Crippen molar-refractivity contribution >= 4 is 21.6 Å². The number of nitrogens with one attached hydrogen (secondary N) is 1. The molecule has 0 saturated heterocycles. The summed E-state index contributed by atoms with van der Waals surface area (Å²) in [6.07, 6.45) is 4.96. The second-order valence-electron chi connectivity index (χ2n) is 5.64. The van der Waals surface area contributed by atoms with Crippen molar-refractivity contribution in [2.45, 2.75) is 56.1 Å². The molecule has 0 heterocycles. The Morgan fingerprint density at radius 1 is 1.30 bits per heavy atom. The van der Waals surface area contributed by atoms with Gasteiger partial charge in [-0.05, 0) is 37.5 Å². The van der Waals surface area contributed by atoms with Gasteiger partial charge in [-0.3, -0.25) is 0 Å². The molecule has 0 bridgehead atoms. The molecule has 1 aliphatic carbocycles. The van der Waals surface area contributed by atoms with Crippen LogP contribution in [0.4, 0.5) is 0 Å². The van der Waals surface area contributed by atoms with E-state index in [0.717, 1.165) is 32.1 Å². The lowest BCUT2D eigenvalue weighted by atomic mass is 9.84. The zero-order valence-corrected chi connectivity index (χ0v) is 13.1. The largest absolute Gasteiger partial charge is 0.392 e. The summed E-state index contributed by atoms with van der Waals surface area (Å²) in [6, 6.07) is 4.41. The zero-order chi connectivity index (χ0) is 14.8. The van der Waals surface area contributed by atoms with Crippen LogP contribution in [0.3, 0.4) is 0 Å². The Balaban J connectivity index is 2.24. The molecule has 0 atom stereocenters. The van der Waals surface area contributed by atoms with Crippen molar-refractivity contribution in [3.05, 3.63) is 28.8 Å². The summed E-state index contributed by atoms with van der Waals surface area (Å²) in [5.74, 6) is 0. The molecule has 2 rings (SSSR count). The summed E-state index contributed by atoms with van der Waals surface area (Å²) in [6.45, 7) is 1.75. The number of rotatable bonds is 4. The lowest BCUT2D eigenvalue weighted by Crippen LogP contribution is -2.47. The van der Waals surface area contributed by atoms with Gasteiger partial charge < -0.3 is 5.11 Å². The summed E-state index contributed by atoms with van der Waals surface area (Å²) < 4.78 is 27.7. The van der Waals surface area contributed by atoms with Gasteiger partial charge in [-0.25, -0.2) is 13.1 Å². The summed E-state index contributed by atoms with van der Waals surface area (Å²) in [5.41, 5.74) is 0.147. The standard InChI is InChI=1S/C14H20ClNO3S/c1-14(7-3-2-4-8-14)16-20(18,19)12-6-5-11(10-17)13(15)9-12/h5-6,9,16-17H,2-4,7-8,10H2,1H3. The number of halogens is 1. The van der Waals surface area contributed by atoms with Gasteiger partial charge in [0.05, 0.1) is 11.5 Å². The third kappa shape index (κ3) is 3.52. The molecular weight excluding hydrogens is 298 g/mol. The number of benzene rings is 1. The molecule has 0 aliphatic heterocycles. The Morgan fingerprint density at radius 3 is 2.50 bits per heavy atom. The minimum atomic E-state index is -3.58. The SMILES string of the molecule is CC1(NS(=O)(=O)c2ccc(CO)c(Cl)c2)CCCCC1. The normalized spacial score (nSPS) is 18.9. The Labute approximate surface area is 125 Å². The Morgan fingerprint density at radius 2 is 1.95 bits per heavy atom. The smallest absolute Gasteiger partial charge is 0.241 e. The van der Waals surface area contributed by atoms with Crippen LogP contribution in [0, 0.1) is 0 Å². The molecule has 1 saturated carbocycles. The molecule has 1 aliphatic rings. The number of aliphatic hydroxyl groups is 1. The number of aliphatic hydroxyl groups excluding tert-OH is 1. The topological polar surface area (TPSA) is 66.4 Å². The first kappa shape index (κ1) is 15.8. The fraction of sp³-hybridized carbons (Fsp3) is 0.571. The van der Waals surface area contributed by atoms with Gasteiger partial charge in [-0.15, -0.1) is 0 Å². The Kier molecular flexibility index (Phi) is 4.74. The monoisotopic (exact) mass is 317 g/mol. The van der Waals surface area contributed by atoms with Crippen molar-refractivity contribution in [3.63, 3.8) is 0 Å². The van der Waals surface area contributed by atoms with Crippen LogP contribution in [0.2, 0.25) is 5.02 Å². The maximum Gasteiger partial charge on any atom is 0.241 e. The highest BCUT2D eigenvalue weighted by Gasteiger charge is 2.32. The van der Waals surface area contributed by atoms with E-state index in [-0.39, 0.29) is 22.1 Å². The molecule has 0 amide bonds. The van der Waals surface area contributed by atoms with Gasteiger partial charge in [0, 0.05) is 10.6 Å². The summed E-state index contributed by atoms with van der Waals surface area (Å²) in [4.78, 5) is 0.145. The Hall–Kier alpha value is -0.620. The highest BCUT2D eigenvalue weighted by Crippen LogP contribution is 2.30. The first-order chi connectivity index (χ1) is 9.36. The van der Waals surface area contributed by atoms with Crippen molar-refractivity contribution in [2.24, 2.45) is 0 Å². The van der Waals surface area contributed by atoms with Crippen LogP contribution in [0.1, 0.15) is 44.6 Å². The van der Waals surface area contributed by atoms with E-state index in [1.165, 1.54) is 12.1 Å². The van der Waals surface area contributed by atoms with Crippen LogP contribution in [-0.4, -0.2) is 19.1 Å². The summed E-state index contributed by atoms with van der Waals surface area (Å²) in [5, 5.41) is 9.33. The van der Waals surface area contributed by atoms with Crippen molar-refractivity contribution in [3.8, 4) is 0 Å². The van der Waals surface area contributed by atoms with Crippen LogP contribution in [0.5, 0.6) is 0 Å². The molecule has 0 aromatic heterocycles. The van der Waals surface area contributed by atoms with Gasteiger partial charge in [-0.1, -0.05) is 36.9 Å². The molecule has 0 spiro atoms. The third-order valence-electron chi connectivity index (χ3n) is 3.84. The van der Waals surface area contributed by atoms with E-state index in [2.05, 4.69) is 4.72 Å². The number of sulfonamides is 1. The molecule has 2 N–H and O–H groups in total. The predicted molar refractivity (Wildman–Crippen MR) is 79.2 cm³/mol. The molecule has 0 unspecified atom stereocenters. The summed E-state index contributed by atoms with van der Waals surface area (Å²) in [7, 11) is -3.58. The van der Waals surface area contributed by atoms with Gasteiger partial charge in [0.2, 0.25) is 10.0 Å². The van der Waals surface area contributed by atoms with Crippen molar-refractivity contribution < 1.29 is 13.5 Å². The lowest BCUT2D eigenvalue weighted by molar-refractivity contribution is 0.282. The fourth-order valence-corrected chi connectivity index (χ4v) is 4.44. The van der Waals surface area contributed by atoms with E-state index in [0.29, 0.717) is 5.56 Å². The molecule has 1 aromatic rings. The van der Waals surface area contributed by atoms with E-state index >= 15 is 0 Å².